The average Bonchev–Trinajstić information content (AvgIpc) is 2.66. The Balaban J connectivity index is 2.42. The molecular weight excluding hydrogens is 220 g/mol. The van der Waals surface area contributed by atoms with Gasteiger partial charge in [-0.3, -0.25) is 4.90 Å². The maximum absolute atomic E-state index is 3.61. The third-order valence-electron chi connectivity index (χ3n) is 4.41. The van der Waals surface area contributed by atoms with E-state index in [-0.39, 0.29) is 0 Å². The zero-order chi connectivity index (χ0) is 13.2. The van der Waals surface area contributed by atoms with Crippen LogP contribution in [-0.4, -0.2) is 37.1 Å². The van der Waals surface area contributed by atoms with Crippen molar-refractivity contribution in [2.75, 3.05) is 20.1 Å². The van der Waals surface area contributed by atoms with E-state index in [0.29, 0.717) is 0 Å². The summed E-state index contributed by atoms with van der Waals surface area (Å²) in [6.45, 7) is 6.90. The highest BCUT2D eigenvalue weighted by atomic mass is 15.2. The lowest BCUT2D eigenvalue weighted by Gasteiger charge is -2.35. The maximum atomic E-state index is 3.61. The lowest BCUT2D eigenvalue weighted by molar-refractivity contribution is 0.146. The first-order chi connectivity index (χ1) is 8.79. The van der Waals surface area contributed by atoms with Crippen molar-refractivity contribution in [3.8, 4) is 0 Å². The van der Waals surface area contributed by atoms with E-state index < -0.39 is 0 Å². The zero-order valence-corrected chi connectivity index (χ0v) is 12.9. The van der Waals surface area contributed by atoms with Gasteiger partial charge in [0.25, 0.3) is 0 Å². The van der Waals surface area contributed by atoms with Gasteiger partial charge in [0.1, 0.15) is 0 Å². The SMILES string of the molecule is CCCNCC(CCC)N(C)C1CCCCCC1. The third-order valence-corrected chi connectivity index (χ3v) is 4.41. The molecule has 1 atom stereocenters. The van der Waals surface area contributed by atoms with E-state index in [1.165, 1.54) is 70.9 Å². The molecule has 2 heteroatoms. The average molecular weight is 254 g/mol. The predicted octanol–water partition coefficient (Wildman–Crippen LogP) is 3.81. The van der Waals surface area contributed by atoms with Crippen molar-refractivity contribution in [2.45, 2.75) is 83.7 Å². The van der Waals surface area contributed by atoms with E-state index >= 15 is 0 Å². The molecule has 0 amide bonds. The summed E-state index contributed by atoms with van der Waals surface area (Å²) < 4.78 is 0. The number of likely N-dealkylation sites (N-methyl/N-ethyl adjacent to an activating group) is 1. The molecule has 1 rings (SSSR count). The van der Waals surface area contributed by atoms with Crippen LogP contribution in [0.3, 0.4) is 0 Å². The van der Waals surface area contributed by atoms with Crippen molar-refractivity contribution in [2.24, 2.45) is 0 Å². The van der Waals surface area contributed by atoms with Gasteiger partial charge in [0.2, 0.25) is 0 Å². The number of nitrogens with zero attached hydrogens (tertiary/aromatic N) is 1. The molecule has 0 aliphatic heterocycles. The number of nitrogens with one attached hydrogen (secondary N) is 1. The summed E-state index contributed by atoms with van der Waals surface area (Å²) in [7, 11) is 2.37. The smallest absolute Gasteiger partial charge is 0.0220 e. The van der Waals surface area contributed by atoms with Gasteiger partial charge >= 0.3 is 0 Å². The minimum absolute atomic E-state index is 0.740. The number of hydrogen-bond donors (Lipinski definition) is 1. The summed E-state index contributed by atoms with van der Waals surface area (Å²) in [4.78, 5) is 2.69. The second-order valence-electron chi connectivity index (χ2n) is 5.96. The summed E-state index contributed by atoms with van der Waals surface area (Å²) in [5.41, 5.74) is 0. The Morgan fingerprint density at radius 3 is 2.28 bits per heavy atom. The topological polar surface area (TPSA) is 15.3 Å². The molecule has 1 aliphatic carbocycles. The first-order valence-electron chi connectivity index (χ1n) is 8.22. The molecule has 0 spiro atoms. The molecule has 18 heavy (non-hydrogen) atoms. The van der Waals surface area contributed by atoms with Gasteiger partial charge in [0, 0.05) is 18.6 Å². The van der Waals surface area contributed by atoms with Crippen LogP contribution < -0.4 is 5.32 Å². The van der Waals surface area contributed by atoms with Crippen LogP contribution in [0.1, 0.15) is 71.6 Å². The van der Waals surface area contributed by atoms with E-state index in [1.807, 2.05) is 0 Å². The highest BCUT2D eigenvalue weighted by molar-refractivity contribution is 4.79. The monoisotopic (exact) mass is 254 g/mol. The maximum Gasteiger partial charge on any atom is 0.0220 e. The summed E-state index contributed by atoms with van der Waals surface area (Å²) in [5.74, 6) is 0. The normalized spacial score (nSPS) is 20.0. The van der Waals surface area contributed by atoms with Crippen LogP contribution in [-0.2, 0) is 0 Å². The largest absolute Gasteiger partial charge is 0.315 e. The van der Waals surface area contributed by atoms with Crippen molar-refractivity contribution in [3.63, 3.8) is 0 Å². The molecule has 0 aromatic heterocycles. The zero-order valence-electron chi connectivity index (χ0n) is 12.9. The number of hydrogen-bond acceptors (Lipinski definition) is 2. The summed E-state index contributed by atoms with van der Waals surface area (Å²) in [6, 6.07) is 1.58. The predicted molar refractivity (Wildman–Crippen MR) is 81.1 cm³/mol. The lowest BCUT2D eigenvalue weighted by Crippen LogP contribution is -2.45. The van der Waals surface area contributed by atoms with Crippen molar-refractivity contribution < 1.29 is 0 Å². The lowest BCUT2D eigenvalue weighted by atomic mass is 10.0. The van der Waals surface area contributed by atoms with Crippen LogP contribution in [0.2, 0.25) is 0 Å². The van der Waals surface area contributed by atoms with E-state index in [9.17, 15) is 0 Å². The van der Waals surface area contributed by atoms with Crippen molar-refractivity contribution in [1.82, 2.24) is 10.2 Å². The Morgan fingerprint density at radius 1 is 1.06 bits per heavy atom. The van der Waals surface area contributed by atoms with E-state index in [1.54, 1.807) is 0 Å². The van der Waals surface area contributed by atoms with Crippen molar-refractivity contribution in [3.05, 3.63) is 0 Å². The second kappa shape index (κ2) is 9.80. The Bertz CT molecular complexity index is 186. The van der Waals surface area contributed by atoms with Gasteiger partial charge in [0.15, 0.2) is 0 Å². The molecule has 0 radical (unpaired) electrons. The highest BCUT2D eigenvalue weighted by Gasteiger charge is 2.22. The van der Waals surface area contributed by atoms with Crippen LogP contribution in [0.15, 0.2) is 0 Å². The van der Waals surface area contributed by atoms with E-state index in [0.717, 1.165) is 12.1 Å². The van der Waals surface area contributed by atoms with Crippen molar-refractivity contribution in [1.29, 1.82) is 0 Å². The second-order valence-corrected chi connectivity index (χ2v) is 5.96. The summed E-state index contributed by atoms with van der Waals surface area (Å²) in [6.07, 6.45) is 12.5. The molecule has 0 aromatic rings. The summed E-state index contributed by atoms with van der Waals surface area (Å²) >= 11 is 0. The van der Waals surface area contributed by atoms with Gasteiger partial charge in [-0.2, -0.15) is 0 Å². The van der Waals surface area contributed by atoms with E-state index in [4.69, 9.17) is 0 Å². The molecule has 0 heterocycles. The fourth-order valence-corrected chi connectivity index (χ4v) is 3.19. The molecule has 2 nitrogen and oxygen atoms in total. The molecule has 108 valence electrons. The Kier molecular flexibility index (Phi) is 8.70. The minimum atomic E-state index is 0.740. The van der Waals surface area contributed by atoms with Crippen LogP contribution in [0.5, 0.6) is 0 Å². The fourth-order valence-electron chi connectivity index (χ4n) is 3.19. The van der Waals surface area contributed by atoms with Crippen LogP contribution in [0.4, 0.5) is 0 Å². The van der Waals surface area contributed by atoms with Gasteiger partial charge in [-0.1, -0.05) is 46.0 Å². The molecule has 1 saturated carbocycles. The molecule has 1 fully saturated rings. The van der Waals surface area contributed by atoms with Gasteiger partial charge in [-0.15, -0.1) is 0 Å². The van der Waals surface area contributed by atoms with Crippen LogP contribution >= 0.6 is 0 Å². The van der Waals surface area contributed by atoms with Gasteiger partial charge < -0.3 is 5.32 Å². The molecule has 1 unspecified atom stereocenters. The van der Waals surface area contributed by atoms with Crippen LogP contribution in [0.25, 0.3) is 0 Å². The molecule has 1 N–H and O–H groups in total. The third kappa shape index (κ3) is 5.71. The molecule has 1 aliphatic rings. The first kappa shape index (κ1) is 16.0. The Hall–Kier alpha value is -0.0800. The van der Waals surface area contributed by atoms with Crippen LogP contribution in [0, 0.1) is 0 Å². The van der Waals surface area contributed by atoms with Gasteiger partial charge in [-0.05, 0) is 39.3 Å². The van der Waals surface area contributed by atoms with Crippen molar-refractivity contribution >= 4 is 0 Å². The molecule has 0 aromatic carbocycles. The summed E-state index contributed by atoms with van der Waals surface area (Å²) in [5, 5.41) is 3.61. The van der Waals surface area contributed by atoms with Gasteiger partial charge in [-0.25, -0.2) is 0 Å². The highest BCUT2D eigenvalue weighted by Crippen LogP contribution is 2.23. The molecular formula is C16H34N2. The molecule has 0 saturated heterocycles. The first-order valence-corrected chi connectivity index (χ1v) is 8.22. The Morgan fingerprint density at radius 2 is 1.72 bits per heavy atom. The minimum Gasteiger partial charge on any atom is -0.315 e. The number of rotatable bonds is 8. The standard InChI is InChI=1S/C16H34N2/c1-4-10-16(14-17-13-5-2)18(3)15-11-8-6-7-9-12-15/h15-17H,4-14H2,1-3H3. The Labute approximate surface area is 115 Å². The quantitative estimate of drug-likeness (QED) is 0.523. The fraction of sp³-hybridized carbons (Fsp3) is 1.00. The molecule has 0 bridgehead atoms. The van der Waals surface area contributed by atoms with E-state index in [2.05, 4.69) is 31.1 Å². The van der Waals surface area contributed by atoms with Gasteiger partial charge in [0.05, 0.1) is 0 Å².